The van der Waals surface area contributed by atoms with Crippen molar-refractivity contribution in [2.45, 2.75) is 26.7 Å². The van der Waals surface area contributed by atoms with Gasteiger partial charge in [0.2, 0.25) is 5.91 Å². The van der Waals surface area contributed by atoms with E-state index in [1.54, 1.807) is 19.1 Å². The maximum atomic E-state index is 11.6. The minimum Gasteiger partial charge on any atom is -0.506 e. The van der Waals surface area contributed by atoms with E-state index in [1.807, 2.05) is 6.92 Å². The molecule has 0 aliphatic rings. The molecule has 6 nitrogen and oxygen atoms in total. The molecule has 0 heterocycles. The molecule has 0 fully saturated rings. The van der Waals surface area contributed by atoms with Gasteiger partial charge in [-0.1, -0.05) is 6.07 Å². The van der Waals surface area contributed by atoms with Crippen molar-refractivity contribution >= 4 is 34.9 Å². The Balaban J connectivity index is 2.44. The van der Waals surface area contributed by atoms with E-state index < -0.39 is 11.9 Å². The highest BCUT2D eigenvalue weighted by molar-refractivity contribution is 7.80. The summed E-state index contributed by atoms with van der Waals surface area (Å²) in [5.74, 6) is -0.792. The lowest BCUT2D eigenvalue weighted by Crippen LogP contribution is -2.34. The Morgan fingerprint density at radius 1 is 1.33 bits per heavy atom. The number of aryl methyl sites for hydroxylation is 1. The topological polar surface area (TPSA) is 87.7 Å². The molecule has 0 aromatic heterocycles. The molecule has 21 heavy (non-hydrogen) atoms. The Morgan fingerprint density at radius 3 is 2.71 bits per heavy atom. The van der Waals surface area contributed by atoms with Gasteiger partial charge in [-0.25, -0.2) is 0 Å². The molecule has 1 aromatic rings. The zero-order chi connectivity index (χ0) is 15.8. The number of amides is 1. The van der Waals surface area contributed by atoms with Crippen molar-refractivity contribution in [2.75, 3.05) is 11.9 Å². The molecule has 1 rings (SSSR count). The molecule has 1 aromatic carbocycles. The van der Waals surface area contributed by atoms with Gasteiger partial charge in [0.1, 0.15) is 5.75 Å². The number of anilines is 1. The number of hydrogen-bond donors (Lipinski definition) is 3. The molecule has 0 aliphatic carbocycles. The summed E-state index contributed by atoms with van der Waals surface area (Å²) in [4.78, 5) is 22.7. The normalized spacial score (nSPS) is 9.81. The Labute approximate surface area is 128 Å². The van der Waals surface area contributed by atoms with E-state index in [0.29, 0.717) is 5.69 Å². The molecule has 1 amide bonds. The van der Waals surface area contributed by atoms with Gasteiger partial charge in [-0.15, -0.1) is 0 Å². The zero-order valence-corrected chi connectivity index (χ0v) is 12.8. The Bertz CT molecular complexity index is 546. The van der Waals surface area contributed by atoms with Crippen LogP contribution in [0.15, 0.2) is 18.2 Å². The Hall–Kier alpha value is -2.15. The highest BCUT2D eigenvalue weighted by Gasteiger charge is 2.10. The van der Waals surface area contributed by atoms with E-state index in [4.69, 9.17) is 17.0 Å². The summed E-state index contributed by atoms with van der Waals surface area (Å²) < 4.78 is 4.72. The zero-order valence-electron chi connectivity index (χ0n) is 11.9. The van der Waals surface area contributed by atoms with Gasteiger partial charge in [-0.05, 0) is 43.8 Å². The van der Waals surface area contributed by atoms with Crippen molar-refractivity contribution in [3.8, 4) is 5.75 Å². The van der Waals surface area contributed by atoms with Crippen molar-refractivity contribution < 1.29 is 19.4 Å². The van der Waals surface area contributed by atoms with Gasteiger partial charge >= 0.3 is 5.97 Å². The van der Waals surface area contributed by atoms with Crippen LogP contribution in [0.2, 0.25) is 0 Å². The molecular formula is C14H18N2O4S. The lowest BCUT2D eigenvalue weighted by Gasteiger charge is -2.11. The van der Waals surface area contributed by atoms with Gasteiger partial charge in [0, 0.05) is 6.42 Å². The second-order valence-electron chi connectivity index (χ2n) is 4.33. The van der Waals surface area contributed by atoms with E-state index in [9.17, 15) is 14.7 Å². The summed E-state index contributed by atoms with van der Waals surface area (Å²) in [6.07, 6.45) is -0.0154. The highest BCUT2D eigenvalue weighted by Crippen LogP contribution is 2.23. The smallest absolute Gasteiger partial charge is 0.306 e. The van der Waals surface area contributed by atoms with Gasteiger partial charge in [0.05, 0.1) is 18.7 Å². The number of phenols is 1. The first kappa shape index (κ1) is 16.9. The molecule has 0 aliphatic heterocycles. The minimum absolute atomic E-state index is 0.00200. The molecular weight excluding hydrogens is 292 g/mol. The van der Waals surface area contributed by atoms with Gasteiger partial charge in [-0.3, -0.25) is 9.59 Å². The van der Waals surface area contributed by atoms with Crippen molar-refractivity contribution in [2.24, 2.45) is 0 Å². The third kappa shape index (κ3) is 6.22. The van der Waals surface area contributed by atoms with Crippen LogP contribution in [0, 0.1) is 6.92 Å². The fourth-order valence-corrected chi connectivity index (χ4v) is 1.77. The number of phenolic OH excluding ortho intramolecular Hbond substituents is 1. The fraction of sp³-hybridized carbons (Fsp3) is 0.357. The number of thiocarbonyl (C=S) groups is 1. The Kier molecular flexibility index (Phi) is 6.61. The van der Waals surface area contributed by atoms with Gasteiger partial charge < -0.3 is 20.5 Å². The molecule has 0 radical (unpaired) electrons. The third-order valence-corrected chi connectivity index (χ3v) is 2.72. The second-order valence-corrected chi connectivity index (χ2v) is 4.74. The van der Waals surface area contributed by atoms with Crippen LogP contribution < -0.4 is 10.6 Å². The number of ether oxygens (including phenoxy) is 1. The molecule has 3 N–H and O–H groups in total. The van der Waals surface area contributed by atoms with E-state index in [2.05, 4.69) is 10.6 Å². The predicted molar refractivity (Wildman–Crippen MR) is 83.1 cm³/mol. The quantitative estimate of drug-likeness (QED) is 0.437. The number of hydrogen-bond acceptors (Lipinski definition) is 5. The number of rotatable bonds is 5. The summed E-state index contributed by atoms with van der Waals surface area (Å²) in [5, 5.41) is 14.9. The average molecular weight is 310 g/mol. The summed E-state index contributed by atoms with van der Waals surface area (Å²) in [5.41, 5.74) is 1.34. The minimum atomic E-state index is -0.428. The van der Waals surface area contributed by atoms with Gasteiger partial charge in [0.15, 0.2) is 5.11 Å². The number of carbonyl (C=O) groups excluding carboxylic acids is 2. The number of esters is 1. The van der Waals surface area contributed by atoms with Crippen molar-refractivity contribution in [3.05, 3.63) is 23.8 Å². The third-order valence-electron chi connectivity index (χ3n) is 2.51. The highest BCUT2D eigenvalue weighted by atomic mass is 32.1. The van der Waals surface area contributed by atoms with Crippen molar-refractivity contribution in [3.63, 3.8) is 0 Å². The molecule has 0 bridgehead atoms. The summed E-state index contributed by atoms with van der Waals surface area (Å²) in [6, 6.07) is 4.98. The van der Waals surface area contributed by atoms with E-state index >= 15 is 0 Å². The molecule has 0 spiro atoms. The lowest BCUT2D eigenvalue weighted by molar-refractivity contribution is -0.144. The summed E-state index contributed by atoms with van der Waals surface area (Å²) >= 11 is 4.98. The molecule has 0 atom stereocenters. The number of aromatic hydroxyl groups is 1. The predicted octanol–water partition coefficient (Wildman–Crippen LogP) is 1.86. The molecule has 0 saturated heterocycles. The van der Waals surface area contributed by atoms with Crippen LogP contribution in [-0.4, -0.2) is 28.7 Å². The van der Waals surface area contributed by atoms with Crippen LogP contribution >= 0.6 is 12.2 Å². The number of carbonyl (C=O) groups is 2. The SMILES string of the molecule is CCOC(=O)CCC(=O)NC(=S)Nc1cc(C)ccc1O. The van der Waals surface area contributed by atoms with Crippen LogP contribution in [0.5, 0.6) is 5.75 Å². The van der Waals surface area contributed by atoms with Crippen LogP contribution in [0.4, 0.5) is 5.69 Å². The van der Waals surface area contributed by atoms with Crippen LogP contribution in [0.1, 0.15) is 25.3 Å². The first-order valence-electron chi connectivity index (χ1n) is 6.48. The van der Waals surface area contributed by atoms with Crippen LogP contribution in [-0.2, 0) is 14.3 Å². The molecule has 0 saturated carbocycles. The van der Waals surface area contributed by atoms with Gasteiger partial charge in [0.25, 0.3) is 0 Å². The molecule has 7 heteroatoms. The van der Waals surface area contributed by atoms with E-state index in [-0.39, 0.29) is 30.3 Å². The maximum absolute atomic E-state index is 11.6. The molecule has 114 valence electrons. The number of benzene rings is 1. The van der Waals surface area contributed by atoms with Crippen LogP contribution in [0.3, 0.4) is 0 Å². The Morgan fingerprint density at radius 2 is 2.05 bits per heavy atom. The van der Waals surface area contributed by atoms with Gasteiger partial charge in [-0.2, -0.15) is 0 Å². The van der Waals surface area contributed by atoms with Crippen molar-refractivity contribution in [1.82, 2.24) is 5.32 Å². The maximum Gasteiger partial charge on any atom is 0.306 e. The van der Waals surface area contributed by atoms with E-state index in [1.165, 1.54) is 6.07 Å². The average Bonchev–Trinajstić information content (AvgIpc) is 2.41. The standard InChI is InChI=1S/C14H18N2O4S/c1-3-20-13(19)7-6-12(18)16-14(21)15-10-8-9(2)4-5-11(10)17/h4-5,8,17H,3,6-7H2,1-2H3,(H2,15,16,18,21). The summed E-state index contributed by atoms with van der Waals surface area (Å²) in [7, 11) is 0. The first-order chi connectivity index (χ1) is 9.92. The number of nitrogens with one attached hydrogen (secondary N) is 2. The lowest BCUT2D eigenvalue weighted by atomic mass is 10.2. The fourth-order valence-electron chi connectivity index (χ4n) is 1.54. The van der Waals surface area contributed by atoms with E-state index in [0.717, 1.165) is 5.56 Å². The summed E-state index contributed by atoms with van der Waals surface area (Å²) in [6.45, 7) is 3.85. The van der Waals surface area contributed by atoms with Crippen molar-refractivity contribution in [1.29, 1.82) is 0 Å². The largest absolute Gasteiger partial charge is 0.506 e. The second kappa shape index (κ2) is 8.21. The first-order valence-corrected chi connectivity index (χ1v) is 6.89. The molecule has 0 unspecified atom stereocenters. The van der Waals surface area contributed by atoms with Crippen LogP contribution in [0.25, 0.3) is 0 Å². The monoisotopic (exact) mass is 310 g/mol.